The molecule has 0 bridgehead atoms. The fourth-order valence-corrected chi connectivity index (χ4v) is 2.68. The van der Waals surface area contributed by atoms with E-state index < -0.39 is 0 Å². The standard InChI is InChI=1S/C11H14N2S2/c1-11(2,9-4-3-7-15-9)8-13-6-5-12-10(13)14/h3-7H,8H2,1-2H3,(H,12,14). The summed E-state index contributed by atoms with van der Waals surface area (Å²) in [6, 6.07) is 4.28. The Bertz CT molecular complexity index is 477. The largest absolute Gasteiger partial charge is 0.337 e. The second-order valence-corrected chi connectivity index (χ2v) is 5.59. The van der Waals surface area contributed by atoms with Crippen molar-refractivity contribution in [2.24, 2.45) is 0 Å². The normalized spacial score (nSPS) is 11.9. The fourth-order valence-electron chi connectivity index (χ4n) is 1.64. The Balaban J connectivity index is 2.26. The monoisotopic (exact) mass is 238 g/mol. The molecule has 0 unspecified atom stereocenters. The van der Waals surface area contributed by atoms with Crippen LogP contribution in [0.15, 0.2) is 29.9 Å². The highest BCUT2D eigenvalue weighted by Gasteiger charge is 2.22. The Morgan fingerprint density at radius 2 is 2.33 bits per heavy atom. The van der Waals surface area contributed by atoms with Crippen LogP contribution >= 0.6 is 23.6 Å². The van der Waals surface area contributed by atoms with Crippen molar-refractivity contribution in [2.45, 2.75) is 25.8 Å². The van der Waals surface area contributed by atoms with Crippen LogP contribution in [0.5, 0.6) is 0 Å². The van der Waals surface area contributed by atoms with Gasteiger partial charge in [-0.2, -0.15) is 0 Å². The number of aromatic nitrogens is 2. The van der Waals surface area contributed by atoms with E-state index in [2.05, 4.69) is 40.9 Å². The molecule has 0 aliphatic heterocycles. The van der Waals surface area contributed by atoms with Gasteiger partial charge >= 0.3 is 0 Å². The highest BCUT2D eigenvalue weighted by Crippen LogP contribution is 2.29. The number of aromatic amines is 1. The molecule has 0 atom stereocenters. The van der Waals surface area contributed by atoms with Gasteiger partial charge in [0.25, 0.3) is 0 Å². The van der Waals surface area contributed by atoms with Crippen molar-refractivity contribution >= 4 is 23.6 Å². The first-order valence-electron chi connectivity index (χ1n) is 4.87. The maximum absolute atomic E-state index is 5.19. The topological polar surface area (TPSA) is 20.7 Å². The van der Waals surface area contributed by atoms with E-state index in [1.807, 2.05) is 12.4 Å². The van der Waals surface area contributed by atoms with Crippen LogP contribution in [0.4, 0.5) is 0 Å². The number of rotatable bonds is 3. The average molecular weight is 238 g/mol. The van der Waals surface area contributed by atoms with Crippen molar-refractivity contribution in [3.05, 3.63) is 39.6 Å². The lowest BCUT2D eigenvalue weighted by molar-refractivity contribution is 0.439. The van der Waals surface area contributed by atoms with Crippen LogP contribution < -0.4 is 0 Å². The van der Waals surface area contributed by atoms with Gasteiger partial charge in [0.1, 0.15) is 0 Å². The first-order valence-corrected chi connectivity index (χ1v) is 6.16. The lowest BCUT2D eigenvalue weighted by atomic mass is 9.91. The number of H-pyrrole nitrogens is 1. The van der Waals surface area contributed by atoms with Crippen LogP contribution in [-0.2, 0) is 12.0 Å². The van der Waals surface area contributed by atoms with Gasteiger partial charge in [-0.3, -0.25) is 0 Å². The van der Waals surface area contributed by atoms with E-state index in [1.54, 1.807) is 11.3 Å². The second kappa shape index (κ2) is 3.94. The first kappa shape index (κ1) is 10.6. The van der Waals surface area contributed by atoms with Gasteiger partial charge in [-0.05, 0) is 23.7 Å². The summed E-state index contributed by atoms with van der Waals surface area (Å²) in [6.07, 6.45) is 3.88. The molecular formula is C11H14N2S2. The van der Waals surface area contributed by atoms with Crippen LogP contribution in [0.1, 0.15) is 18.7 Å². The van der Waals surface area contributed by atoms with Crippen LogP contribution in [0, 0.1) is 4.77 Å². The number of nitrogens with one attached hydrogen (secondary N) is 1. The summed E-state index contributed by atoms with van der Waals surface area (Å²) in [6.45, 7) is 5.40. The summed E-state index contributed by atoms with van der Waals surface area (Å²) in [5.41, 5.74) is 0.134. The van der Waals surface area contributed by atoms with Crippen molar-refractivity contribution in [2.75, 3.05) is 0 Å². The van der Waals surface area contributed by atoms with Gasteiger partial charge in [0.2, 0.25) is 0 Å². The summed E-state index contributed by atoms with van der Waals surface area (Å²) < 4.78 is 2.87. The molecule has 0 fully saturated rings. The zero-order valence-electron chi connectivity index (χ0n) is 8.86. The Morgan fingerprint density at radius 1 is 1.53 bits per heavy atom. The van der Waals surface area contributed by atoms with Gasteiger partial charge in [0, 0.05) is 29.2 Å². The SMILES string of the molecule is CC(C)(Cn1cc[nH]c1=S)c1cccs1. The lowest BCUT2D eigenvalue weighted by Gasteiger charge is -2.23. The minimum Gasteiger partial charge on any atom is -0.337 e. The molecule has 2 aromatic heterocycles. The van der Waals surface area contributed by atoms with Crippen LogP contribution in [0.25, 0.3) is 0 Å². The molecule has 15 heavy (non-hydrogen) atoms. The van der Waals surface area contributed by atoms with Gasteiger partial charge in [0.05, 0.1) is 0 Å². The number of hydrogen-bond acceptors (Lipinski definition) is 2. The van der Waals surface area contributed by atoms with Crippen LogP contribution in [-0.4, -0.2) is 9.55 Å². The first-order chi connectivity index (χ1) is 7.09. The molecule has 2 nitrogen and oxygen atoms in total. The van der Waals surface area contributed by atoms with Crippen molar-refractivity contribution in [3.63, 3.8) is 0 Å². The molecule has 0 amide bonds. The molecule has 4 heteroatoms. The summed E-state index contributed by atoms with van der Waals surface area (Å²) in [5.74, 6) is 0. The molecule has 2 aromatic rings. The Hall–Kier alpha value is -0.870. The zero-order chi connectivity index (χ0) is 10.9. The number of thiophene rings is 1. The van der Waals surface area contributed by atoms with Gasteiger partial charge in [-0.25, -0.2) is 0 Å². The van der Waals surface area contributed by atoms with E-state index in [4.69, 9.17) is 12.2 Å². The second-order valence-electron chi connectivity index (χ2n) is 4.25. The predicted octanol–water partition coefficient (Wildman–Crippen LogP) is 3.58. The fraction of sp³-hybridized carbons (Fsp3) is 0.364. The van der Waals surface area contributed by atoms with E-state index in [-0.39, 0.29) is 5.41 Å². The van der Waals surface area contributed by atoms with Crippen molar-refractivity contribution in [3.8, 4) is 0 Å². The molecule has 0 aromatic carbocycles. The molecule has 0 spiro atoms. The minimum absolute atomic E-state index is 0.134. The zero-order valence-corrected chi connectivity index (χ0v) is 10.5. The minimum atomic E-state index is 0.134. The third kappa shape index (κ3) is 2.21. The van der Waals surface area contributed by atoms with Gasteiger partial charge in [0.15, 0.2) is 4.77 Å². The molecule has 1 N–H and O–H groups in total. The summed E-state index contributed by atoms with van der Waals surface area (Å²) in [5, 5.41) is 2.12. The van der Waals surface area contributed by atoms with Crippen molar-refractivity contribution < 1.29 is 0 Å². The average Bonchev–Trinajstić information content (AvgIpc) is 2.77. The smallest absolute Gasteiger partial charge is 0.177 e. The summed E-state index contributed by atoms with van der Waals surface area (Å²) >= 11 is 6.99. The molecular weight excluding hydrogens is 224 g/mol. The number of nitrogens with zero attached hydrogens (tertiary/aromatic N) is 1. The maximum atomic E-state index is 5.19. The highest BCUT2D eigenvalue weighted by molar-refractivity contribution is 7.71. The van der Waals surface area contributed by atoms with E-state index in [1.165, 1.54) is 4.88 Å². The molecule has 0 saturated carbocycles. The van der Waals surface area contributed by atoms with Crippen LogP contribution in [0.2, 0.25) is 0 Å². The molecule has 0 aliphatic rings. The van der Waals surface area contributed by atoms with Gasteiger partial charge in [-0.1, -0.05) is 19.9 Å². The Labute approximate surface area is 98.6 Å². The van der Waals surface area contributed by atoms with E-state index >= 15 is 0 Å². The molecule has 0 saturated heterocycles. The van der Waals surface area contributed by atoms with Gasteiger partial charge < -0.3 is 9.55 Å². The van der Waals surface area contributed by atoms with Gasteiger partial charge in [-0.15, -0.1) is 11.3 Å². The molecule has 0 radical (unpaired) electrons. The predicted molar refractivity (Wildman–Crippen MR) is 67.0 cm³/mol. The summed E-state index contributed by atoms with van der Waals surface area (Å²) in [4.78, 5) is 4.41. The summed E-state index contributed by atoms with van der Waals surface area (Å²) in [7, 11) is 0. The molecule has 80 valence electrons. The lowest BCUT2D eigenvalue weighted by Crippen LogP contribution is -2.22. The molecule has 2 rings (SSSR count). The van der Waals surface area contributed by atoms with E-state index in [0.29, 0.717) is 0 Å². The van der Waals surface area contributed by atoms with E-state index in [0.717, 1.165) is 11.3 Å². The van der Waals surface area contributed by atoms with Crippen LogP contribution in [0.3, 0.4) is 0 Å². The third-order valence-electron chi connectivity index (χ3n) is 2.48. The highest BCUT2D eigenvalue weighted by atomic mass is 32.1. The quantitative estimate of drug-likeness (QED) is 0.811. The molecule has 2 heterocycles. The third-order valence-corrected chi connectivity index (χ3v) is 4.06. The van der Waals surface area contributed by atoms with Crippen molar-refractivity contribution in [1.29, 1.82) is 0 Å². The number of imidazole rings is 1. The Kier molecular flexibility index (Phi) is 2.80. The maximum Gasteiger partial charge on any atom is 0.177 e. The van der Waals surface area contributed by atoms with E-state index in [9.17, 15) is 0 Å². The molecule has 0 aliphatic carbocycles. The Morgan fingerprint density at radius 3 is 2.87 bits per heavy atom. The number of hydrogen-bond donors (Lipinski definition) is 1. The van der Waals surface area contributed by atoms with Crippen molar-refractivity contribution in [1.82, 2.24) is 9.55 Å².